The van der Waals surface area contributed by atoms with Crippen LogP contribution in [0.3, 0.4) is 0 Å². The molecule has 5 N–H and O–H groups in total. The minimum Gasteiger partial charge on any atom is -0.507 e. The zero-order chi connectivity index (χ0) is 14.9. The van der Waals surface area contributed by atoms with Gasteiger partial charge in [0.2, 0.25) is 11.8 Å². The number of nitrogens with one attached hydrogen (secondary N) is 2. The number of carbonyl (C=O) groups is 2. The Kier molecular flexibility index (Phi) is 3.47. The summed E-state index contributed by atoms with van der Waals surface area (Å²) >= 11 is 0. The van der Waals surface area contributed by atoms with Crippen molar-refractivity contribution in [2.75, 3.05) is 16.4 Å². The third-order valence-corrected chi connectivity index (χ3v) is 2.80. The van der Waals surface area contributed by atoms with Crippen LogP contribution in [0.1, 0.15) is 13.8 Å². The number of fused-ring (bicyclic) bond motifs is 1. The van der Waals surface area contributed by atoms with Gasteiger partial charge in [0.05, 0.1) is 17.1 Å². The van der Waals surface area contributed by atoms with E-state index in [1.165, 1.54) is 26.0 Å². The zero-order valence-electron chi connectivity index (χ0n) is 11.2. The average Bonchev–Trinajstić information content (AvgIpc) is 2.33. The van der Waals surface area contributed by atoms with Crippen molar-refractivity contribution in [1.82, 2.24) is 0 Å². The van der Waals surface area contributed by atoms with Crippen LogP contribution in [0.2, 0.25) is 0 Å². The average molecular weight is 273 g/mol. The number of nitrogen functional groups attached to an aromatic ring is 1. The monoisotopic (exact) mass is 273 g/mol. The number of benzene rings is 2. The number of amides is 2. The highest BCUT2D eigenvalue weighted by molar-refractivity contribution is 6.13. The lowest BCUT2D eigenvalue weighted by Gasteiger charge is -2.15. The smallest absolute Gasteiger partial charge is 0.221 e. The lowest BCUT2D eigenvalue weighted by atomic mass is 10.0. The van der Waals surface area contributed by atoms with Crippen molar-refractivity contribution in [3.05, 3.63) is 24.3 Å². The second kappa shape index (κ2) is 5.08. The molecule has 2 aromatic carbocycles. The minimum absolute atomic E-state index is 0.00678. The van der Waals surface area contributed by atoms with E-state index >= 15 is 0 Å². The van der Waals surface area contributed by atoms with Gasteiger partial charge in [-0.2, -0.15) is 0 Å². The zero-order valence-corrected chi connectivity index (χ0v) is 11.2. The Bertz CT molecular complexity index is 710. The fourth-order valence-electron chi connectivity index (χ4n) is 2.07. The van der Waals surface area contributed by atoms with Crippen LogP contribution in [0.4, 0.5) is 17.1 Å². The molecule has 0 heterocycles. The number of rotatable bonds is 2. The summed E-state index contributed by atoms with van der Waals surface area (Å²) in [4.78, 5) is 22.5. The molecule has 104 valence electrons. The molecule has 0 aliphatic carbocycles. The van der Waals surface area contributed by atoms with Gasteiger partial charge in [0.25, 0.3) is 0 Å². The summed E-state index contributed by atoms with van der Waals surface area (Å²) in [6, 6.07) is 6.38. The first-order valence-electron chi connectivity index (χ1n) is 5.99. The van der Waals surface area contributed by atoms with Crippen LogP contribution < -0.4 is 16.4 Å². The Morgan fingerprint density at radius 3 is 2.30 bits per heavy atom. The predicted molar refractivity (Wildman–Crippen MR) is 78.6 cm³/mol. The van der Waals surface area contributed by atoms with E-state index in [1.54, 1.807) is 12.1 Å². The van der Waals surface area contributed by atoms with Gasteiger partial charge in [-0.1, -0.05) is 12.1 Å². The number of anilines is 3. The van der Waals surface area contributed by atoms with Gasteiger partial charge in [0, 0.05) is 24.6 Å². The molecule has 0 saturated carbocycles. The maximum absolute atomic E-state index is 11.3. The molecule has 6 heteroatoms. The topological polar surface area (TPSA) is 104 Å². The highest BCUT2D eigenvalue weighted by Crippen LogP contribution is 2.39. The fourth-order valence-corrected chi connectivity index (χ4v) is 2.07. The summed E-state index contributed by atoms with van der Waals surface area (Å²) in [6.45, 7) is 2.73. The number of nitrogens with two attached hydrogens (primary N) is 1. The number of aromatic hydroxyl groups is 1. The molecule has 6 nitrogen and oxygen atoms in total. The highest BCUT2D eigenvalue weighted by atomic mass is 16.3. The Labute approximate surface area is 115 Å². The molecule has 0 spiro atoms. The van der Waals surface area contributed by atoms with Crippen molar-refractivity contribution in [3.63, 3.8) is 0 Å². The van der Waals surface area contributed by atoms with E-state index in [2.05, 4.69) is 10.6 Å². The molecule has 2 aromatic rings. The summed E-state index contributed by atoms with van der Waals surface area (Å²) in [5.41, 5.74) is 7.11. The van der Waals surface area contributed by atoms with Crippen LogP contribution in [-0.2, 0) is 9.59 Å². The van der Waals surface area contributed by atoms with Crippen molar-refractivity contribution >= 4 is 39.6 Å². The van der Waals surface area contributed by atoms with E-state index in [-0.39, 0.29) is 17.6 Å². The van der Waals surface area contributed by atoms with Crippen molar-refractivity contribution < 1.29 is 14.7 Å². The molecular weight excluding hydrogens is 258 g/mol. The number of hydrogen-bond donors (Lipinski definition) is 4. The summed E-state index contributed by atoms with van der Waals surface area (Å²) in [5.74, 6) is -0.551. The molecule has 0 atom stereocenters. The van der Waals surface area contributed by atoms with E-state index < -0.39 is 0 Å². The molecule has 2 rings (SSSR count). The summed E-state index contributed by atoms with van der Waals surface area (Å²) in [6.07, 6.45) is 0. The second-order valence-electron chi connectivity index (χ2n) is 4.45. The van der Waals surface area contributed by atoms with Crippen molar-refractivity contribution in [2.45, 2.75) is 13.8 Å². The Hall–Kier alpha value is -2.76. The van der Waals surface area contributed by atoms with Crippen LogP contribution in [0.5, 0.6) is 5.75 Å². The third-order valence-electron chi connectivity index (χ3n) is 2.80. The van der Waals surface area contributed by atoms with E-state index in [0.29, 0.717) is 27.8 Å². The van der Waals surface area contributed by atoms with Crippen molar-refractivity contribution in [1.29, 1.82) is 0 Å². The van der Waals surface area contributed by atoms with Crippen LogP contribution in [0.15, 0.2) is 24.3 Å². The first-order chi connectivity index (χ1) is 9.40. The highest BCUT2D eigenvalue weighted by Gasteiger charge is 2.14. The van der Waals surface area contributed by atoms with E-state index in [9.17, 15) is 14.7 Å². The van der Waals surface area contributed by atoms with E-state index in [4.69, 9.17) is 5.73 Å². The fraction of sp³-hybridized carbons (Fsp3) is 0.143. The summed E-state index contributed by atoms with van der Waals surface area (Å²) in [7, 11) is 0. The molecule has 0 saturated heterocycles. The van der Waals surface area contributed by atoms with Gasteiger partial charge in [0.1, 0.15) is 5.75 Å². The Balaban J connectivity index is 2.76. The first-order valence-corrected chi connectivity index (χ1v) is 5.99. The lowest BCUT2D eigenvalue weighted by Crippen LogP contribution is -2.11. The Morgan fingerprint density at radius 1 is 1.10 bits per heavy atom. The maximum Gasteiger partial charge on any atom is 0.221 e. The van der Waals surface area contributed by atoms with Gasteiger partial charge >= 0.3 is 0 Å². The molecular formula is C14H15N3O3. The maximum atomic E-state index is 11.3. The van der Waals surface area contributed by atoms with Crippen LogP contribution in [0.25, 0.3) is 10.8 Å². The van der Waals surface area contributed by atoms with Crippen molar-refractivity contribution in [2.24, 2.45) is 0 Å². The second-order valence-corrected chi connectivity index (χ2v) is 4.45. The molecule has 20 heavy (non-hydrogen) atoms. The number of carbonyl (C=O) groups excluding carboxylic acids is 2. The third kappa shape index (κ3) is 2.49. The van der Waals surface area contributed by atoms with Crippen LogP contribution in [-0.4, -0.2) is 16.9 Å². The molecule has 0 bridgehead atoms. The number of phenols is 1. The molecule has 0 radical (unpaired) electrons. The lowest BCUT2D eigenvalue weighted by molar-refractivity contribution is -0.115. The van der Waals surface area contributed by atoms with Gasteiger partial charge in [-0.3, -0.25) is 9.59 Å². The largest absolute Gasteiger partial charge is 0.507 e. The SMILES string of the molecule is CC(=O)Nc1cc(NC(C)=O)c2c(O)cccc2c1N. The standard InChI is InChI=1S/C14H15N3O3/c1-7(18)16-10-6-11(17-8(2)19)14(15)9-4-3-5-12(20)13(9)10/h3-6,20H,15H2,1-2H3,(H,16,18)(H,17,19). The van der Waals surface area contributed by atoms with E-state index in [1.807, 2.05) is 0 Å². The van der Waals surface area contributed by atoms with Crippen molar-refractivity contribution in [3.8, 4) is 5.75 Å². The molecule has 0 aliphatic heterocycles. The molecule has 0 fully saturated rings. The van der Waals surface area contributed by atoms with Crippen LogP contribution in [0, 0.1) is 0 Å². The first kappa shape index (κ1) is 13.7. The molecule has 0 unspecified atom stereocenters. The van der Waals surface area contributed by atoms with Gasteiger partial charge in [0.15, 0.2) is 0 Å². The Morgan fingerprint density at radius 2 is 1.70 bits per heavy atom. The number of hydrogen-bond acceptors (Lipinski definition) is 4. The minimum atomic E-state index is -0.284. The van der Waals surface area contributed by atoms with E-state index in [0.717, 1.165) is 0 Å². The molecule has 0 aliphatic rings. The summed E-state index contributed by atoms with van der Waals surface area (Å²) in [5, 5.41) is 16.2. The normalized spacial score (nSPS) is 10.3. The molecule has 2 amide bonds. The van der Waals surface area contributed by atoms with Crippen LogP contribution >= 0.6 is 0 Å². The van der Waals surface area contributed by atoms with Gasteiger partial charge in [-0.05, 0) is 12.1 Å². The quantitative estimate of drug-likeness (QED) is 0.628. The summed E-state index contributed by atoms with van der Waals surface area (Å²) < 4.78 is 0. The van der Waals surface area contributed by atoms with Gasteiger partial charge < -0.3 is 21.5 Å². The predicted octanol–water partition coefficient (Wildman–Crippen LogP) is 2.04. The van der Waals surface area contributed by atoms with Gasteiger partial charge in [-0.25, -0.2) is 0 Å². The number of phenolic OH excluding ortho intramolecular Hbond substituents is 1. The van der Waals surface area contributed by atoms with Gasteiger partial charge in [-0.15, -0.1) is 0 Å². The molecule has 0 aromatic heterocycles.